The summed E-state index contributed by atoms with van der Waals surface area (Å²) in [5.41, 5.74) is 1.55. The van der Waals surface area contributed by atoms with E-state index in [4.69, 9.17) is 0 Å². The SMILES string of the molecule is Cc1[nH]nc(NC(=O)c2csc(C3CCN(C(=O)c4ccccc4C(F)(F)F)CC3)n2)c1-c1ccccc1. The second-order valence-corrected chi connectivity index (χ2v) is 9.96. The second-order valence-electron chi connectivity index (χ2n) is 9.07. The van der Waals surface area contributed by atoms with Crippen LogP contribution in [0.15, 0.2) is 60.0 Å². The molecule has 0 radical (unpaired) electrons. The zero-order chi connectivity index (χ0) is 26.9. The summed E-state index contributed by atoms with van der Waals surface area (Å²) in [6.07, 6.45) is -3.50. The minimum absolute atomic E-state index is 0.0102. The van der Waals surface area contributed by atoms with E-state index in [-0.39, 0.29) is 23.1 Å². The van der Waals surface area contributed by atoms with E-state index in [9.17, 15) is 22.8 Å². The molecule has 7 nitrogen and oxygen atoms in total. The number of aromatic nitrogens is 3. The van der Waals surface area contributed by atoms with E-state index in [1.807, 2.05) is 37.3 Å². The van der Waals surface area contributed by atoms with Crippen molar-refractivity contribution in [2.75, 3.05) is 18.4 Å². The molecule has 0 bridgehead atoms. The predicted molar refractivity (Wildman–Crippen MR) is 138 cm³/mol. The molecule has 3 heterocycles. The third-order valence-electron chi connectivity index (χ3n) is 6.59. The van der Waals surface area contributed by atoms with Crippen molar-refractivity contribution in [2.45, 2.75) is 31.9 Å². The number of nitrogens with zero attached hydrogens (tertiary/aromatic N) is 3. The van der Waals surface area contributed by atoms with Crippen molar-refractivity contribution in [3.8, 4) is 11.1 Å². The van der Waals surface area contributed by atoms with Crippen molar-refractivity contribution < 1.29 is 22.8 Å². The minimum Gasteiger partial charge on any atom is -0.339 e. The van der Waals surface area contributed by atoms with Gasteiger partial charge < -0.3 is 10.2 Å². The number of aromatic amines is 1. The molecular formula is C27H24F3N5O2S. The Labute approximate surface area is 220 Å². The fraction of sp³-hybridized carbons (Fsp3) is 0.259. The van der Waals surface area contributed by atoms with Gasteiger partial charge in [0.25, 0.3) is 11.8 Å². The van der Waals surface area contributed by atoms with E-state index >= 15 is 0 Å². The quantitative estimate of drug-likeness (QED) is 0.319. The van der Waals surface area contributed by atoms with E-state index in [0.29, 0.717) is 31.7 Å². The maximum atomic E-state index is 13.4. The van der Waals surface area contributed by atoms with Gasteiger partial charge in [-0.15, -0.1) is 11.3 Å². The first kappa shape index (κ1) is 25.7. The Hall–Kier alpha value is -3.99. The molecule has 1 aliphatic rings. The van der Waals surface area contributed by atoms with Gasteiger partial charge in [0.05, 0.1) is 16.1 Å². The lowest BCUT2D eigenvalue weighted by Crippen LogP contribution is -2.38. The molecule has 0 spiro atoms. The van der Waals surface area contributed by atoms with Crippen LogP contribution >= 0.6 is 11.3 Å². The standard InChI is InChI=1S/C27H24F3N5O2S/c1-16-22(17-7-3-2-4-8-17)23(34-33-16)32-24(36)21-15-38-25(31-21)18-11-13-35(14-12-18)26(37)19-9-5-6-10-20(19)27(28,29)30/h2-10,15,18H,11-14H2,1H3,(H2,32,33,34,36). The molecule has 1 aliphatic heterocycles. The van der Waals surface area contributed by atoms with Gasteiger partial charge in [-0.2, -0.15) is 18.3 Å². The molecule has 0 atom stereocenters. The molecular weight excluding hydrogens is 515 g/mol. The second kappa shape index (κ2) is 10.4. The van der Waals surface area contributed by atoms with Crippen molar-refractivity contribution in [1.29, 1.82) is 0 Å². The van der Waals surface area contributed by atoms with Gasteiger partial charge in [-0.05, 0) is 37.5 Å². The van der Waals surface area contributed by atoms with Crippen LogP contribution in [-0.4, -0.2) is 45.0 Å². The number of benzene rings is 2. The number of alkyl halides is 3. The molecule has 1 saturated heterocycles. The van der Waals surface area contributed by atoms with Crippen LogP contribution in [0.3, 0.4) is 0 Å². The number of piperidine rings is 1. The molecule has 0 unspecified atom stereocenters. The van der Waals surface area contributed by atoms with Crippen molar-refractivity contribution in [3.63, 3.8) is 0 Å². The molecule has 0 aliphatic carbocycles. The largest absolute Gasteiger partial charge is 0.417 e. The van der Waals surface area contributed by atoms with Gasteiger partial charge in [-0.1, -0.05) is 42.5 Å². The third kappa shape index (κ3) is 5.19. The first-order valence-electron chi connectivity index (χ1n) is 12.0. The summed E-state index contributed by atoms with van der Waals surface area (Å²) in [5.74, 6) is -0.582. The summed E-state index contributed by atoms with van der Waals surface area (Å²) in [6.45, 7) is 2.50. The first-order chi connectivity index (χ1) is 18.2. The number of amides is 2. The maximum Gasteiger partial charge on any atom is 0.417 e. The molecule has 196 valence electrons. The number of thiazole rings is 1. The summed E-state index contributed by atoms with van der Waals surface area (Å²) < 4.78 is 40.1. The number of likely N-dealkylation sites (tertiary alicyclic amines) is 1. The zero-order valence-electron chi connectivity index (χ0n) is 20.4. The number of anilines is 1. The average molecular weight is 540 g/mol. The Morgan fingerprint density at radius 2 is 1.74 bits per heavy atom. The highest BCUT2D eigenvalue weighted by atomic mass is 32.1. The van der Waals surface area contributed by atoms with Gasteiger partial charge in [0, 0.05) is 35.6 Å². The number of hydrogen-bond acceptors (Lipinski definition) is 5. The van der Waals surface area contributed by atoms with E-state index < -0.39 is 17.6 Å². The zero-order valence-corrected chi connectivity index (χ0v) is 21.2. The van der Waals surface area contributed by atoms with E-state index in [2.05, 4.69) is 20.5 Å². The van der Waals surface area contributed by atoms with Crippen molar-refractivity contribution in [1.82, 2.24) is 20.1 Å². The summed E-state index contributed by atoms with van der Waals surface area (Å²) >= 11 is 1.36. The Morgan fingerprint density at radius 1 is 1.05 bits per heavy atom. The number of nitrogens with one attached hydrogen (secondary N) is 2. The van der Waals surface area contributed by atoms with Crippen LogP contribution in [0.1, 0.15) is 55.9 Å². The Kier molecular flexibility index (Phi) is 7.02. The topological polar surface area (TPSA) is 91.0 Å². The summed E-state index contributed by atoms with van der Waals surface area (Å²) in [5, 5.41) is 12.4. The van der Waals surface area contributed by atoms with E-state index in [1.165, 1.54) is 34.4 Å². The highest BCUT2D eigenvalue weighted by molar-refractivity contribution is 7.10. The molecule has 2 N–H and O–H groups in total. The van der Waals surface area contributed by atoms with Gasteiger partial charge in [0.1, 0.15) is 5.69 Å². The van der Waals surface area contributed by atoms with Crippen molar-refractivity contribution in [2.24, 2.45) is 0 Å². The number of carbonyl (C=O) groups is 2. The lowest BCUT2D eigenvalue weighted by Gasteiger charge is -2.31. The third-order valence-corrected chi connectivity index (χ3v) is 7.60. The summed E-state index contributed by atoms with van der Waals surface area (Å²) in [6, 6.07) is 14.5. The van der Waals surface area contributed by atoms with Crippen LogP contribution in [0, 0.1) is 6.92 Å². The number of H-pyrrole nitrogens is 1. The Balaban J connectivity index is 1.24. The number of rotatable bonds is 5. The molecule has 38 heavy (non-hydrogen) atoms. The van der Waals surface area contributed by atoms with E-state index in [0.717, 1.165) is 27.9 Å². The van der Waals surface area contributed by atoms with Gasteiger partial charge in [0.2, 0.25) is 0 Å². The Morgan fingerprint density at radius 3 is 2.45 bits per heavy atom. The molecule has 11 heteroatoms. The average Bonchev–Trinajstić information content (AvgIpc) is 3.56. The van der Waals surface area contributed by atoms with Crippen LogP contribution in [0.5, 0.6) is 0 Å². The van der Waals surface area contributed by atoms with Crippen LogP contribution in [0.25, 0.3) is 11.1 Å². The molecule has 0 saturated carbocycles. The van der Waals surface area contributed by atoms with Crippen LogP contribution in [0.4, 0.5) is 19.0 Å². The number of aryl methyl sites for hydroxylation is 1. The highest BCUT2D eigenvalue weighted by Gasteiger charge is 2.36. The van der Waals surface area contributed by atoms with Crippen molar-refractivity contribution in [3.05, 3.63) is 87.5 Å². The van der Waals surface area contributed by atoms with Crippen LogP contribution in [0.2, 0.25) is 0 Å². The summed E-state index contributed by atoms with van der Waals surface area (Å²) in [4.78, 5) is 31.8. The van der Waals surface area contributed by atoms with Gasteiger partial charge in [-0.25, -0.2) is 4.98 Å². The van der Waals surface area contributed by atoms with Crippen LogP contribution in [-0.2, 0) is 6.18 Å². The maximum absolute atomic E-state index is 13.4. The first-order valence-corrected chi connectivity index (χ1v) is 12.9. The lowest BCUT2D eigenvalue weighted by molar-refractivity contribution is -0.138. The normalized spacial score (nSPS) is 14.5. The minimum atomic E-state index is -4.60. The molecule has 5 rings (SSSR count). The number of carbonyl (C=O) groups excluding carboxylic acids is 2. The van der Waals surface area contributed by atoms with E-state index in [1.54, 1.807) is 5.38 Å². The predicted octanol–water partition coefficient (Wildman–Crippen LogP) is 6.13. The number of hydrogen-bond donors (Lipinski definition) is 2. The number of halogens is 3. The smallest absolute Gasteiger partial charge is 0.339 e. The van der Waals surface area contributed by atoms with Gasteiger partial charge in [-0.3, -0.25) is 14.7 Å². The fourth-order valence-corrected chi connectivity index (χ4v) is 5.62. The highest BCUT2D eigenvalue weighted by Crippen LogP contribution is 2.35. The molecule has 4 aromatic rings. The van der Waals surface area contributed by atoms with Gasteiger partial charge >= 0.3 is 6.18 Å². The monoisotopic (exact) mass is 539 g/mol. The van der Waals surface area contributed by atoms with Crippen LogP contribution < -0.4 is 5.32 Å². The lowest BCUT2D eigenvalue weighted by atomic mass is 9.96. The fourth-order valence-electron chi connectivity index (χ4n) is 4.65. The van der Waals surface area contributed by atoms with Gasteiger partial charge in [0.15, 0.2) is 5.82 Å². The molecule has 2 aromatic carbocycles. The van der Waals surface area contributed by atoms with Crippen molar-refractivity contribution >= 4 is 29.0 Å². The Bertz CT molecular complexity index is 1460. The molecule has 2 amide bonds. The molecule has 2 aromatic heterocycles. The summed E-state index contributed by atoms with van der Waals surface area (Å²) in [7, 11) is 0. The molecule has 1 fully saturated rings.